The second kappa shape index (κ2) is 13.8. The van der Waals surface area contributed by atoms with Crippen molar-refractivity contribution in [2.75, 3.05) is 37.6 Å². The summed E-state index contributed by atoms with van der Waals surface area (Å²) in [5.41, 5.74) is 6.30. The molecule has 1 saturated carbocycles. The minimum Gasteiger partial charge on any atom is -0.455 e. The highest BCUT2D eigenvalue weighted by molar-refractivity contribution is 5.81. The predicted molar refractivity (Wildman–Crippen MR) is 197 cm³/mol. The van der Waals surface area contributed by atoms with Crippen LogP contribution in [0.2, 0.25) is 0 Å². The number of ether oxygens (including phenoxy) is 1. The Morgan fingerprint density at radius 3 is 2.57 bits per heavy atom. The van der Waals surface area contributed by atoms with Gasteiger partial charge in [0, 0.05) is 74.7 Å². The molecule has 2 aromatic heterocycles. The van der Waals surface area contributed by atoms with Crippen LogP contribution in [0, 0.1) is 17.0 Å². The number of H-pyrrole nitrogens is 1. The van der Waals surface area contributed by atoms with Crippen LogP contribution in [0.4, 0.5) is 14.5 Å². The van der Waals surface area contributed by atoms with Crippen LogP contribution >= 0.6 is 0 Å². The largest absolute Gasteiger partial charge is 0.455 e. The molecule has 3 aliphatic rings. The molecular formula is C42H45F2N5O2. The van der Waals surface area contributed by atoms with Crippen molar-refractivity contribution in [1.29, 1.82) is 0 Å². The molecule has 1 spiro atoms. The Bertz CT molecular complexity index is 2030. The number of hydrogen-bond acceptors (Lipinski definition) is 6. The molecule has 1 atom stereocenters. The number of nitrogens with zero attached hydrogens (tertiary/aromatic N) is 4. The third-order valence-corrected chi connectivity index (χ3v) is 11.6. The summed E-state index contributed by atoms with van der Waals surface area (Å²) in [5.74, 6) is -0.0353. The molecule has 1 aliphatic carbocycles. The first-order chi connectivity index (χ1) is 24.8. The fourth-order valence-electron chi connectivity index (χ4n) is 8.78. The molecule has 3 fully saturated rings. The smallest absolute Gasteiger partial charge is 0.159 e. The van der Waals surface area contributed by atoms with Crippen LogP contribution in [-0.4, -0.2) is 64.8 Å². The zero-order valence-electron chi connectivity index (χ0n) is 29.3. The maximum Gasteiger partial charge on any atom is 0.159 e. The summed E-state index contributed by atoms with van der Waals surface area (Å²) >= 11 is 0. The number of benzene rings is 3. The average Bonchev–Trinajstić information content (AvgIpc) is 3.60. The number of carbonyl (C=O) groups excluding carboxylic acids is 1. The summed E-state index contributed by atoms with van der Waals surface area (Å²) in [6.07, 6.45) is 9.01. The van der Waals surface area contributed by atoms with Gasteiger partial charge in [0.25, 0.3) is 0 Å². The minimum absolute atomic E-state index is 0.244. The second-order valence-electron chi connectivity index (χ2n) is 15.1. The van der Waals surface area contributed by atoms with Crippen LogP contribution in [0.5, 0.6) is 11.5 Å². The molecule has 7 nitrogen and oxygen atoms in total. The summed E-state index contributed by atoms with van der Waals surface area (Å²) in [6, 6.07) is 23.6. The van der Waals surface area contributed by atoms with Gasteiger partial charge in [-0.25, -0.2) is 13.8 Å². The van der Waals surface area contributed by atoms with Crippen molar-refractivity contribution in [2.24, 2.45) is 5.41 Å². The first-order valence-corrected chi connectivity index (χ1v) is 18.2. The lowest BCUT2D eigenvalue weighted by molar-refractivity contribution is -0.0628. The van der Waals surface area contributed by atoms with E-state index in [1.165, 1.54) is 36.1 Å². The maximum absolute atomic E-state index is 14.1. The molecule has 2 saturated heterocycles. The summed E-state index contributed by atoms with van der Waals surface area (Å²) in [5, 5.41) is 0.954. The monoisotopic (exact) mass is 689 g/mol. The van der Waals surface area contributed by atoms with Gasteiger partial charge in [-0.2, -0.15) is 0 Å². The van der Waals surface area contributed by atoms with E-state index < -0.39 is 11.6 Å². The van der Waals surface area contributed by atoms with Gasteiger partial charge >= 0.3 is 0 Å². The van der Waals surface area contributed by atoms with Gasteiger partial charge in [-0.05, 0) is 90.1 Å². The Labute approximate surface area is 298 Å². The number of halogens is 2. The van der Waals surface area contributed by atoms with Crippen LogP contribution < -0.4 is 9.64 Å². The Hall–Kier alpha value is -4.60. The molecule has 0 amide bonds. The van der Waals surface area contributed by atoms with Crippen molar-refractivity contribution in [1.82, 2.24) is 19.8 Å². The average molecular weight is 690 g/mol. The third kappa shape index (κ3) is 6.77. The van der Waals surface area contributed by atoms with E-state index in [0.717, 1.165) is 74.1 Å². The number of aldehydes is 1. The fraction of sp³-hybridized carbons (Fsp3) is 0.381. The van der Waals surface area contributed by atoms with Gasteiger partial charge < -0.3 is 14.6 Å². The first kappa shape index (κ1) is 33.5. The third-order valence-electron chi connectivity index (χ3n) is 11.6. The van der Waals surface area contributed by atoms with Gasteiger partial charge in [0.1, 0.15) is 17.1 Å². The molecule has 9 heteroatoms. The Morgan fingerprint density at radius 1 is 0.961 bits per heavy atom. The van der Waals surface area contributed by atoms with E-state index in [-0.39, 0.29) is 6.04 Å². The number of hydrogen-bond donors (Lipinski definition) is 1. The molecule has 8 rings (SSSR count). The van der Waals surface area contributed by atoms with Gasteiger partial charge in [-0.3, -0.25) is 14.6 Å². The molecule has 5 aromatic rings. The van der Waals surface area contributed by atoms with E-state index in [4.69, 9.17) is 4.74 Å². The van der Waals surface area contributed by atoms with Crippen molar-refractivity contribution in [2.45, 2.75) is 64.1 Å². The number of anilines is 1. The van der Waals surface area contributed by atoms with Crippen molar-refractivity contribution < 1.29 is 18.3 Å². The molecule has 0 radical (unpaired) electrons. The number of carbonyl (C=O) groups is 1. The van der Waals surface area contributed by atoms with E-state index >= 15 is 0 Å². The molecule has 1 unspecified atom stereocenters. The van der Waals surface area contributed by atoms with E-state index in [9.17, 15) is 13.6 Å². The lowest BCUT2D eigenvalue weighted by atomic mass is 9.59. The Balaban J connectivity index is 0.943. The first-order valence-electron chi connectivity index (χ1n) is 18.2. The molecule has 1 N–H and O–H groups in total. The molecule has 51 heavy (non-hydrogen) atoms. The normalized spacial score (nSPS) is 19.9. The molecule has 264 valence electrons. The summed E-state index contributed by atoms with van der Waals surface area (Å²) in [7, 11) is 0. The number of aromatic amines is 1. The van der Waals surface area contributed by atoms with Crippen molar-refractivity contribution in [3.8, 4) is 11.5 Å². The number of piperidine rings is 1. The highest BCUT2D eigenvalue weighted by Crippen LogP contribution is 2.53. The van der Waals surface area contributed by atoms with Gasteiger partial charge in [0.15, 0.2) is 17.9 Å². The highest BCUT2D eigenvalue weighted by Gasteiger charge is 2.50. The quantitative estimate of drug-likeness (QED) is 0.156. The lowest BCUT2D eigenvalue weighted by Gasteiger charge is -2.58. The fourth-order valence-corrected chi connectivity index (χ4v) is 8.78. The van der Waals surface area contributed by atoms with Gasteiger partial charge in [-0.1, -0.05) is 44.2 Å². The number of aromatic nitrogens is 2. The zero-order chi connectivity index (χ0) is 35.1. The molecule has 3 aromatic carbocycles. The van der Waals surface area contributed by atoms with Crippen LogP contribution in [-0.2, 0) is 6.54 Å². The van der Waals surface area contributed by atoms with Gasteiger partial charge in [-0.15, -0.1) is 0 Å². The highest BCUT2D eigenvalue weighted by atomic mass is 19.2. The standard InChI is InChI=1S/C42H45F2N5O2/c1-28(2)35-5-3-4-6-36(35)39-26-47(25-29-7-10-37(43)38(44)19-29)17-18-49(39)33-22-42(23-33)12-15-48(16-13-42)32-9-8-31(27-50)40(21-32)51-34-20-30-11-14-45-41(30)46-24-34/h3-11,14,19-21,24,27-28,33,39H,12-13,15-18,22-23,25-26H2,1-2H3,(H,45,46). The maximum atomic E-state index is 14.1. The van der Waals surface area contributed by atoms with Gasteiger partial charge in [0.05, 0.1) is 11.8 Å². The zero-order valence-corrected chi connectivity index (χ0v) is 29.3. The number of pyridine rings is 1. The van der Waals surface area contributed by atoms with E-state index in [1.54, 1.807) is 12.3 Å². The number of nitrogens with one attached hydrogen (secondary N) is 1. The SMILES string of the molecule is CC(C)c1ccccc1C1CN(Cc2ccc(F)c(F)c2)CCN1C1CC2(CCN(c3ccc(C=O)c(Oc4cnc5[nH]ccc5c4)c3)CC2)C1. The number of piperazine rings is 1. The Kier molecular flexibility index (Phi) is 9.11. The van der Waals surface area contributed by atoms with E-state index in [2.05, 4.69) is 62.8 Å². The molecule has 4 heterocycles. The van der Waals surface area contributed by atoms with Gasteiger partial charge in [0.2, 0.25) is 0 Å². The molecule has 0 bridgehead atoms. The van der Waals surface area contributed by atoms with E-state index in [1.807, 2.05) is 36.5 Å². The van der Waals surface area contributed by atoms with Crippen LogP contribution in [0.15, 0.2) is 85.2 Å². The van der Waals surface area contributed by atoms with Crippen LogP contribution in [0.1, 0.15) is 78.5 Å². The van der Waals surface area contributed by atoms with Crippen molar-refractivity contribution in [3.63, 3.8) is 0 Å². The Morgan fingerprint density at radius 2 is 1.78 bits per heavy atom. The summed E-state index contributed by atoms with van der Waals surface area (Å²) in [4.78, 5) is 27.0. The number of rotatable bonds is 9. The van der Waals surface area contributed by atoms with Crippen molar-refractivity contribution >= 4 is 23.0 Å². The molecule has 2 aliphatic heterocycles. The lowest BCUT2D eigenvalue weighted by Crippen LogP contribution is -2.60. The topological polar surface area (TPSA) is 64.7 Å². The number of fused-ring (bicyclic) bond motifs is 1. The van der Waals surface area contributed by atoms with Crippen LogP contribution in [0.25, 0.3) is 11.0 Å². The predicted octanol–water partition coefficient (Wildman–Crippen LogP) is 8.88. The minimum atomic E-state index is -0.800. The van der Waals surface area contributed by atoms with Crippen molar-refractivity contribution in [3.05, 3.63) is 119 Å². The second-order valence-corrected chi connectivity index (χ2v) is 15.1. The summed E-state index contributed by atoms with van der Waals surface area (Å²) in [6.45, 7) is 9.76. The molecular weight excluding hydrogens is 644 g/mol. The summed E-state index contributed by atoms with van der Waals surface area (Å²) < 4.78 is 33.9. The van der Waals surface area contributed by atoms with E-state index in [0.29, 0.717) is 41.0 Å². The van der Waals surface area contributed by atoms with Crippen LogP contribution in [0.3, 0.4) is 0 Å².